The Hall–Kier alpha value is -0.930. The fraction of sp³-hybridized carbons (Fsp3) is 0.273. The zero-order valence-corrected chi connectivity index (χ0v) is 8.99. The predicted octanol–water partition coefficient (Wildman–Crippen LogP) is 3.32. The molecular weight excluding hydrogens is 197 g/mol. The number of hydrogen-bond donors (Lipinski definition) is 1. The van der Waals surface area contributed by atoms with Gasteiger partial charge in [-0.3, -0.25) is 0 Å². The van der Waals surface area contributed by atoms with Crippen molar-refractivity contribution in [1.29, 1.82) is 0 Å². The molecule has 2 rings (SSSR count). The normalized spacial score (nSPS) is 13.4. The molecule has 0 aliphatic carbocycles. The summed E-state index contributed by atoms with van der Waals surface area (Å²) >= 11 is 1.59. The summed E-state index contributed by atoms with van der Waals surface area (Å²) in [6.45, 7) is 2.04. The van der Waals surface area contributed by atoms with Crippen LogP contribution in [0.1, 0.15) is 18.5 Å². The number of rotatable bonds is 2. The zero-order valence-electron chi connectivity index (χ0n) is 8.17. The number of hydrogen-bond acceptors (Lipinski definition) is 2. The summed E-state index contributed by atoms with van der Waals surface area (Å²) in [5.74, 6) is -0.124. The van der Waals surface area contributed by atoms with Crippen LogP contribution in [0.2, 0.25) is 0 Å². The summed E-state index contributed by atoms with van der Waals surface area (Å²) in [6.07, 6.45) is 0. The van der Waals surface area contributed by atoms with Gasteiger partial charge in [-0.05, 0) is 37.0 Å². The average molecular weight is 209 g/mol. The summed E-state index contributed by atoms with van der Waals surface area (Å²) in [6, 6.07) is 5.42. The van der Waals surface area contributed by atoms with Crippen LogP contribution in [-0.2, 0) is 0 Å². The maximum Gasteiger partial charge on any atom is 0.132 e. The Labute approximate surface area is 86.6 Å². The van der Waals surface area contributed by atoms with Crippen molar-refractivity contribution in [2.45, 2.75) is 13.0 Å². The van der Waals surface area contributed by atoms with Gasteiger partial charge in [0.25, 0.3) is 0 Å². The van der Waals surface area contributed by atoms with E-state index >= 15 is 0 Å². The molecule has 1 atom stereocenters. The van der Waals surface area contributed by atoms with Gasteiger partial charge < -0.3 is 5.32 Å². The third-order valence-corrected chi connectivity index (χ3v) is 3.44. The molecule has 0 saturated carbocycles. The molecule has 1 nitrogen and oxygen atoms in total. The Kier molecular flexibility index (Phi) is 2.52. The van der Waals surface area contributed by atoms with E-state index < -0.39 is 0 Å². The number of halogens is 1. The van der Waals surface area contributed by atoms with Gasteiger partial charge in [-0.2, -0.15) is 0 Å². The molecule has 1 unspecified atom stereocenters. The van der Waals surface area contributed by atoms with Gasteiger partial charge in [0, 0.05) is 16.1 Å². The molecule has 0 radical (unpaired) electrons. The molecule has 2 aromatic rings. The van der Waals surface area contributed by atoms with Crippen LogP contribution in [0.25, 0.3) is 10.1 Å². The van der Waals surface area contributed by atoms with Gasteiger partial charge in [-0.1, -0.05) is 6.07 Å². The molecule has 1 heterocycles. The fourth-order valence-electron chi connectivity index (χ4n) is 1.54. The summed E-state index contributed by atoms with van der Waals surface area (Å²) in [5.41, 5.74) is 1.05. The minimum Gasteiger partial charge on any atom is -0.313 e. The van der Waals surface area contributed by atoms with Gasteiger partial charge in [0.2, 0.25) is 0 Å². The smallest absolute Gasteiger partial charge is 0.132 e. The summed E-state index contributed by atoms with van der Waals surface area (Å²) in [5, 5.41) is 5.91. The Balaban J connectivity index is 2.67. The van der Waals surface area contributed by atoms with E-state index in [0.717, 1.165) is 15.6 Å². The predicted molar refractivity (Wildman–Crippen MR) is 59.3 cm³/mol. The first-order valence-corrected chi connectivity index (χ1v) is 5.45. The van der Waals surface area contributed by atoms with Crippen molar-refractivity contribution in [1.82, 2.24) is 5.32 Å². The molecule has 3 heteroatoms. The highest BCUT2D eigenvalue weighted by Crippen LogP contribution is 2.31. The SMILES string of the molecule is CNC(C)c1csc2cccc(F)c12. The van der Waals surface area contributed by atoms with E-state index in [4.69, 9.17) is 0 Å². The summed E-state index contributed by atoms with van der Waals surface area (Å²) in [4.78, 5) is 0. The van der Waals surface area contributed by atoms with Crippen molar-refractivity contribution in [2.75, 3.05) is 7.05 Å². The molecule has 74 valence electrons. The Morgan fingerprint density at radius 3 is 2.93 bits per heavy atom. The molecular formula is C11H12FNS. The first kappa shape index (κ1) is 9.62. The molecule has 0 saturated heterocycles. The third kappa shape index (κ3) is 1.42. The molecule has 0 bridgehead atoms. The number of benzene rings is 1. The van der Waals surface area contributed by atoms with E-state index in [-0.39, 0.29) is 11.9 Å². The number of nitrogens with one attached hydrogen (secondary N) is 1. The molecule has 0 aliphatic rings. The average Bonchev–Trinajstić information content (AvgIpc) is 2.62. The van der Waals surface area contributed by atoms with Crippen molar-refractivity contribution in [2.24, 2.45) is 0 Å². The maximum absolute atomic E-state index is 13.6. The molecule has 0 spiro atoms. The third-order valence-electron chi connectivity index (χ3n) is 2.48. The highest BCUT2D eigenvalue weighted by Gasteiger charge is 2.12. The maximum atomic E-state index is 13.6. The Morgan fingerprint density at radius 2 is 2.21 bits per heavy atom. The lowest BCUT2D eigenvalue weighted by molar-refractivity contribution is 0.627. The van der Waals surface area contributed by atoms with Crippen molar-refractivity contribution in [3.8, 4) is 0 Å². The quantitative estimate of drug-likeness (QED) is 0.800. The van der Waals surface area contributed by atoms with E-state index in [1.807, 2.05) is 25.4 Å². The highest BCUT2D eigenvalue weighted by molar-refractivity contribution is 7.17. The van der Waals surface area contributed by atoms with Crippen molar-refractivity contribution >= 4 is 21.4 Å². The Morgan fingerprint density at radius 1 is 1.43 bits per heavy atom. The molecule has 1 aromatic heterocycles. The van der Waals surface area contributed by atoms with Crippen molar-refractivity contribution in [3.63, 3.8) is 0 Å². The van der Waals surface area contributed by atoms with Gasteiger partial charge in [0.05, 0.1) is 0 Å². The van der Waals surface area contributed by atoms with Crippen LogP contribution in [0.3, 0.4) is 0 Å². The van der Waals surface area contributed by atoms with Crippen LogP contribution in [0.5, 0.6) is 0 Å². The second-order valence-corrected chi connectivity index (χ2v) is 4.23. The molecule has 0 fully saturated rings. The van der Waals surface area contributed by atoms with Gasteiger partial charge >= 0.3 is 0 Å². The minimum atomic E-state index is -0.124. The van der Waals surface area contributed by atoms with Gasteiger partial charge in [0.15, 0.2) is 0 Å². The van der Waals surface area contributed by atoms with E-state index in [1.54, 1.807) is 17.4 Å². The van der Waals surface area contributed by atoms with Gasteiger partial charge in [-0.25, -0.2) is 4.39 Å². The van der Waals surface area contributed by atoms with E-state index in [1.165, 1.54) is 6.07 Å². The van der Waals surface area contributed by atoms with Crippen LogP contribution >= 0.6 is 11.3 Å². The van der Waals surface area contributed by atoms with E-state index in [0.29, 0.717) is 0 Å². The topological polar surface area (TPSA) is 12.0 Å². The van der Waals surface area contributed by atoms with Crippen LogP contribution in [0, 0.1) is 5.82 Å². The summed E-state index contributed by atoms with van der Waals surface area (Å²) < 4.78 is 14.6. The van der Waals surface area contributed by atoms with Crippen LogP contribution in [0.4, 0.5) is 4.39 Å². The second kappa shape index (κ2) is 3.67. The summed E-state index contributed by atoms with van der Waals surface area (Å²) in [7, 11) is 1.88. The molecule has 1 N–H and O–H groups in total. The van der Waals surface area contributed by atoms with Crippen molar-refractivity contribution in [3.05, 3.63) is 35.0 Å². The van der Waals surface area contributed by atoms with Gasteiger partial charge in [-0.15, -0.1) is 11.3 Å². The fourth-order valence-corrected chi connectivity index (χ4v) is 2.61. The van der Waals surface area contributed by atoms with Crippen LogP contribution in [-0.4, -0.2) is 7.05 Å². The monoisotopic (exact) mass is 209 g/mol. The first-order valence-electron chi connectivity index (χ1n) is 4.57. The van der Waals surface area contributed by atoms with E-state index in [9.17, 15) is 4.39 Å². The standard InChI is InChI=1S/C11H12FNS/c1-7(13-2)8-6-14-10-5-3-4-9(12)11(8)10/h3-7,13H,1-2H3. The van der Waals surface area contributed by atoms with Crippen LogP contribution < -0.4 is 5.32 Å². The van der Waals surface area contributed by atoms with Gasteiger partial charge in [0.1, 0.15) is 5.82 Å². The highest BCUT2D eigenvalue weighted by atomic mass is 32.1. The second-order valence-electron chi connectivity index (χ2n) is 3.31. The molecule has 0 amide bonds. The zero-order chi connectivity index (χ0) is 10.1. The largest absolute Gasteiger partial charge is 0.313 e. The lowest BCUT2D eigenvalue weighted by Crippen LogP contribution is -2.11. The molecule has 1 aromatic carbocycles. The molecule has 14 heavy (non-hydrogen) atoms. The van der Waals surface area contributed by atoms with E-state index in [2.05, 4.69) is 5.32 Å². The van der Waals surface area contributed by atoms with Crippen LogP contribution in [0.15, 0.2) is 23.6 Å². The van der Waals surface area contributed by atoms with Crippen molar-refractivity contribution < 1.29 is 4.39 Å². The number of thiophene rings is 1. The lowest BCUT2D eigenvalue weighted by atomic mass is 10.1. The Bertz CT molecular complexity index is 449. The number of fused-ring (bicyclic) bond motifs is 1. The molecule has 0 aliphatic heterocycles. The minimum absolute atomic E-state index is 0.124. The lowest BCUT2D eigenvalue weighted by Gasteiger charge is -2.08. The first-order chi connectivity index (χ1) is 6.74.